The highest BCUT2D eigenvalue weighted by Crippen LogP contribution is 2.32. The van der Waals surface area contributed by atoms with Gasteiger partial charge in [0.25, 0.3) is 5.91 Å². The fourth-order valence-corrected chi connectivity index (χ4v) is 3.81. The number of nitrogens with two attached hydrogens (primary N) is 1. The zero-order valence-corrected chi connectivity index (χ0v) is 12.6. The summed E-state index contributed by atoms with van der Waals surface area (Å²) in [4.78, 5) is 13.6. The molecule has 1 atom stereocenters. The standard InChI is InChI=1S/C14H20N2OS.ClH/c15-12(9-5-6-9)7-16-14(17)11-8-18-13-4-2-1-3-10(11)13;/h8-9,12H,1-7,15H2,(H,16,17);1H. The van der Waals surface area contributed by atoms with Crippen molar-refractivity contribution < 1.29 is 4.79 Å². The molecule has 1 amide bonds. The fraction of sp³-hybridized carbons (Fsp3) is 0.643. The number of hydrogen-bond donors (Lipinski definition) is 2. The van der Waals surface area contributed by atoms with Crippen LogP contribution < -0.4 is 11.1 Å². The van der Waals surface area contributed by atoms with Crippen molar-refractivity contribution in [2.45, 2.75) is 44.6 Å². The van der Waals surface area contributed by atoms with Crippen LogP contribution in [0.3, 0.4) is 0 Å². The second kappa shape index (κ2) is 6.25. The van der Waals surface area contributed by atoms with E-state index in [0.29, 0.717) is 12.5 Å². The van der Waals surface area contributed by atoms with Crippen molar-refractivity contribution in [2.24, 2.45) is 11.7 Å². The van der Waals surface area contributed by atoms with Crippen molar-refractivity contribution in [3.8, 4) is 0 Å². The minimum Gasteiger partial charge on any atom is -0.350 e. The Morgan fingerprint density at radius 3 is 2.89 bits per heavy atom. The number of aryl methyl sites for hydroxylation is 1. The van der Waals surface area contributed by atoms with Crippen LogP contribution in [0.4, 0.5) is 0 Å². The van der Waals surface area contributed by atoms with Gasteiger partial charge in [0, 0.05) is 22.8 Å². The first-order chi connectivity index (χ1) is 8.75. The van der Waals surface area contributed by atoms with E-state index in [-0.39, 0.29) is 24.4 Å². The Bertz CT molecular complexity index is 456. The molecule has 0 spiro atoms. The summed E-state index contributed by atoms with van der Waals surface area (Å²) in [5.74, 6) is 0.715. The molecule has 0 aliphatic heterocycles. The summed E-state index contributed by atoms with van der Waals surface area (Å²) >= 11 is 1.74. The molecule has 2 aliphatic rings. The van der Waals surface area contributed by atoms with E-state index < -0.39 is 0 Å². The first-order valence-electron chi connectivity index (χ1n) is 6.88. The number of nitrogens with one attached hydrogen (secondary N) is 1. The molecule has 1 aromatic heterocycles. The van der Waals surface area contributed by atoms with E-state index in [0.717, 1.165) is 18.4 Å². The molecule has 1 saturated carbocycles. The number of hydrogen-bond acceptors (Lipinski definition) is 3. The molecule has 0 bridgehead atoms. The summed E-state index contributed by atoms with van der Waals surface area (Å²) in [5.41, 5.74) is 8.20. The molecule has 3 N–H and O–H groups in total. The van der Waals surface area contributed by atoms with Crippen LogP contribution in [0, 0.1) is 5.92 Å². The smallest absolute Gasteiger partial charge is 0.252 e. The van der Waals surface area contributed by atoms with Crippen LogP contribution in [0.15, 0.2) is 5.38 Å². The second-order valence-corrected chi connectivity index (χ2v) is 6.43. The normalized spacial score (nSPS) is 19.2. The van der Waals surface area contributed by atoms with Crippen molar-refractivity contribution in [3.05, 3.63) is 21.4 Å². The van der Waals surface area contributed by atoms with Crippen LogP contribution in [0.2, 0.25) is 0 Å². The quantitative estimate of drug-likeness (QED) is 0.898. The summed E-state index contributed by atoms with van der Waals surface area (Å²) < 4.78 is 0. The van der Waals surface area contributed by atoms with Gasteiger partial charge in [-0.3, -0.25) is 4.79 Å². The lowest BCUT2D eigenvalue weighted by molar-refractivity contribution is 0.0949. The highest BCUT2D eigenvalue weighted by atomic mass is 35.5. The molecule has 0 radical (unpaired) electrons. The first-order valence-corrected chi connectivity index (χ1v) is 7.76. The van der Waals surface area contributed by atoms with Gasteiger partial charge >= 0.3 is 0 Å². The summed E-state index contributed by atoms with van der Waals surface area (Å²) in [5, 5.41) is 5.02. The third-order valence-electron chi connectivity index (χ3n) is 4.03. The summed E-state index contributed by atoms with van der Waals surface area (Å²) in [7, 11) is 0. The predicted molar refractivity (Wildman–Crippen MR) is 81.2 cm³/mol. The third kappa shape index (κ3) is 3.30. The average molecular weight is 301 g/mol. The summed E-state index contributed by atoms with van der Waals surface area (Å²) in [6, 6.07) is 0.142. The minimum atomic E-state index is 0. The van der Waals surface area contributed by atoms with Crippen LogP contribution >= 0.6 is 23.7 Å². The van der Waals surface area contributed by atoms with Crippen molar-refractivity contribution in [3.63, 3.8) is 0 Å². The van der Waals surface area contributed by atoms with Gasteiger partial charge in [0.1, 0.15) is 0 Å². The largest absolute Gasteiger partial charge is 0.350 e. The van der Waals surface area contributed by atoms with E-state index in [4.69, 9.17) is 5.73 Å². The molecule has 106 valence electrons. The van der Waals surface area contributed by atoms with Gasteiger partial charge < -0.3 is 11.1 Å². The third-order valence-corrected chi connectivity index (χ3v) is 5.12. The van der Waals surface area contributed by atoms with Crippen LogP contribution in [-0.4, -0.2) is 18.5 Å². The number of carbonyl (C=O) groups excluding carboxylic acids is 1. The lowest BCUT2D eigenvalue weighted by atomic mass is 9.95. The zero-order valence-electron chi connectivity index (χ0n) is 11.0. The van der Waals surface area contributed by atoms with Crippen molar-refractivity contribution in [2.75, 3.05) is 6.54 Å². The highest BCUT2D eigenvalue weighted by molar-refractivity contribution is 7.10. The van der Waals surface area contributed by atoms with Crippen LogP contribution in [0.5, 0.6) is 0 Å². The van der Waals surface area contributed by atoms with Crippen LogP contribution in [0.25, 0.3) is 0 Å². The molecule has 5 heteroatoms. The van der Waals surface area contributed by atoms with Gasteiger partial charge in [-0.15, -0.1) is 23.7 Å². The Labute approximate surface area is 124 Å². The van der Waals surface area contributed by atoms with E-state index in [2.05, 4.69) is 5.32 Å². The lowest BCUT2D eigenvalue weighted by Crippen LogP contribution is -2.38. The number of halogens is 1. The van der Waals surface area contributed by atoms with E-state index in [9.17, 15) is 4.79 Å². The van der Waals surface area contributed by atoms with Gasteiger partial charge in [-0.1, -0.05) is 0 Å². The van der Waals surface area contributed by atoms with E-state index in [1.165, 1.54) is 36.1 Å². The lowest BCUT2D eigenvalue weighted by Gasteiger charge is -2.14. The maximum absolute atomic E-state index is 12.2. The molecule has 2 aliphatic carbocycles. The Kier molecular flexibility index (Phi) is 4.87. The fourth-order valence-electron chi connectivity index (χ4n) is 2.68. The maximum Gasteiger partial charge on any atom is 0.252 e. The molecule has 1 unspecified atom stereocenters. The topological polar surface area (TPSA) is 55.1 Å². The van der Waals surface area contributed by atoms with E-state index >= 15 is 0 Å². The number of thiophene rings is 1. The van der Waals surface area contributed by atoms with Gasteiger partial charge in [-0.25, -0.2) is 0 Å². The Balaban J connectivity index is 0.00000133. The molecular weight excluding hydrogens is 280 g/mol. The van der Waals surface area contributed by atoms with Gasteiger partial charge in [0.2, 0.25) is 0 Å². The Hall–Kier alpha value is -0.580. The second-order valence-electron chi connectivity index (χ2n) is 5.47. The Morgan fingerprint density at radius 1 is 1.42 bits per heavy atom. The number of fused-ring (bicyclic) bond motifs is 1. The summed E-state index contributed by atoms with van der Waals surface area (Å²) in [6.07, 6.45) is 7.15. The SMILES string of the molecule is Cl.NC(CNC(=O)c1csc2c1CCCC2)C1CC1. The van der Waals surface area contributed by atoms with Crippen molar-refractivity contribution in [1.29, 1.82) is 0 Å². The first kappa shape index (κ1) is 14.8. The number of amides is 1. The zero-order chi connectivity index (χ0) is 12.5. The van der Waals surface area contributed by atoms with Gasteiger partial charge in [-0.05, 0) is 50.0 Å². The number of carbonyl (C=O) groups is 1. The monoisotopic (exact) mass is 300 g/mol. The molecule has 1 heterocycles. The van der Waals surface area contributed by atoms with Crippen molar-refractivity contribution in [1.82, 2.24) is 5.32 Å². The minimum absolute atomic E-state index is 0. The van der Waals surface area contributed by atoms with Gasteiger partial charge in [-0.2, -0.15) is 0 Å². The van der Waals surface area contributed by atoms with Crippen LogP contribution in [0.1, 0.15) is 46.5 Å². The number of rotatable bonds is 4. The summed E-state index contributed by atoms with van der Waals surface area (Å²) in [6.45, 7) is 0.619. The molecule has 0 saturated heterocycles. The molecule has 3 nitrogen and oxygen atoms in total. The average Bonchev–Trinajstić information content (AvgIpc) is 3.15. The molecule has 1 aromatic rings. The highest BCUT2D eigenvalue weighted by Gasteiger charge is 2.29. The molecular formula is C14H21ClN2OS. The van der Waals surface area contributed by atoms with Gasteiger partial charge in [0.15, 0.2) is 0 Å². The van der Waals surface area contributed by atoms with Gasteiger partial charge in [0.05, 0.1) is 5.56 Å². The molecule has 1 fully saturated rings. The van der Waals surface area contributed by atoms with E-state index in [1.54, 1.807) is 11.3 Å². The maximum atomic E-state index is 12.2. The van der Waals surface area contributed by atoms with Crippen molar-refractivity contribution >= 4 is 29.7 Å². The molecule has 0 aromatic carbocycles. The van der Waals surface area contributed by atoms with E-state index in [1.807, 2.05) is 5.38 Å². The Morgan fingerprint density at radius 2 is 2.16 bits per heavy atom. The predicted octanol–water partition coefficient (Wildman–Crippen LogP) is 2.52. The van der Waals surface area contributed by atoms with Crippen LogP contribution in [-0.2, 0) is 12.8 Å². The molecule has 19 heavy (non-hydrogen) atoms. The molecule has 3 rings (SSSR count).